The fourth-order valence-electron chi connectivity index (χ4n) is 3.69. The molecule has 28 heavy (non-hydrogen) atoms. The maximum Gasteiger partial charge on any atom is 0.326 e. The van der Waals surface area contributed by atoms with E-state index in [4.69, 9.17) is 0 Å². The first-order valence-electron chi connectivity index (χ1n) is 10.6. The molecule has 7 nitrogen and oxygen atoms in total. The third-order valence-corrected chi connectivity index (χ3v) is 5.33. The predicted molar refractivity (Wildman–Crippen MR) is 110 cm³/mol. The van der Waals surface area contributed by atoms with Gasteiger partial charge in [0.1, 0.15) is 12.1 Å². The SMILES string of the molecule is CC(C)C[C@H](NC(=O)[C@H](CC(C)C)N(C)C(=O)CNC1CCCCC1)C(=O)O. The summed E-state index contributed by atoms with van der Waals surface area (Å²) in [5.41, 5.74) is 0. The van der Waals surface area contributed by atoms with Gasteiger partial charge < -0.3 is 20.6 Å². The Morgan fingerprint density at radius 1 is 1.00 bits per heavy atom. The quantitative estimate of drug-likeness (QED) is 0.497. The minimum Gasteiger partial charge on any atom is -0.480 e. The van der Waals surface area contributed by atoms with Crippen LogP contribution >= 0.6 is 0 Å². The lowest BCUT2D eigenvalue weighted by molar-refractivity contribution is -0.144. The van der Waals surface area contributed by atoms with E-state index in [0.717, 1.165) is 12.8 Å². The molecule has 0 unspecified atom stereocenters. The number of amides is 2. The molecule has 0 heterocycles. The molecule has 3 N–H and O–H groups in total. The van der Waals surface area contributed by atoms with Gasteiger partial charge in [-0.25, -0.2) is 4.79 Å². The minimum atomic E-state index is -1.04. The van der Waals surface area contributed by atoms with E-state index in [0.29, 0.717) is 18.9 Å². The minimum absolute atomic E-state index is 0.137. The lowest BCUT2D eigenvalue weighted by atomic mass is 9.95. The molecule has 1 saturated carbocycles. The third kappa shape index (κ3) is 8.59. The van der Waals surface area contributed by atoms with Crippen molar-refractivity contribution in [2.24, 2.45) is 11.8 Å². The van der Waals surface area contributed by atoms with Gasteiger partial charge >= 0.3 is 5.97 Å². The molecule has 0 aliphatic heterocycles. The van der Waals surface area contributed by atoms with Crippen LogP contribution in [0.15, 0.2) is 0 Å². The molecule has 0 spiro atoms. The Labute approximate surface area is 169 Å². The normalized spacial score (nSPS) is 17.4. The topological polar surface area (TPSA) is 98.7 Å². The molecular weight excluding hydrogens is 358 g/mol. The van der Waals surface area contributed by atoms with Crippen LogP contribution in [0.2, 0.25) is 0 Å². The first kappa shape index (κ1) is 24.4. The molecule has 0 saturated heterocycles. The van der Waals surface area contributed by atoms with Crippen molar-refractivity contribution in [3.05, 3.63) is 0 Å². The Morgan fingerprint density at radius 3 is 2.07 bits per heavy atom. The molecular formula is C21H39N3O4. The van der Waals surface area contributed by atoms with Crippen LogP contribution in [0.5, 0.6) is 0 Å². The number of rotatable bonds is 11. The van der Waals surface area contributed by atoms with Crippen molar-refractivity contribution >= 4 is 17.8 Å². The molecule has 1 rings (SSSR count). The van der Waals surface area contributed by atoms with Gasteiger partial charge in [-0.15, -0.1) is 0 Å². The Hall–Kier alpha value is -1.63. The first-order valence-corrected chi connectivity index (χ1v) is 10.6. The highest BCUT2D eigenvalue weighted by Crippen LogP contribution is 2.17. The summed E-state index contributed by atoms with van der Waals surface area (Å²) in [6.45, 7) is 8.02. The zero-order valence-corrected chi connectivity index (χ0v) is 18.2. The number of likely N-dealkylation sites (N-methyl/N-ethyl adjacent to an activating group) is 1. The van der Waals surface area contributed by atoms with E-state index in [1.165, 1.54) is 24.2 Å². The highest BCUT2D eigenvalue weighted by atomic mass is 16.4. The fraction of sp³-hybridized carbons (Fsp3) is 0.857. The maximum atomic E-state index is 12.8. The number of hydrogen-bond acceptors (Lipinski definition) is 4. The van der Waals surface area contributed by atoms with Gasteiger partial charge in [-0.1, -0.05) is 47.0 Å². The van der Waals surface area contributed by atoms with Crippen LogP contribution in [0.3, 0.4) is 0 Å². The van der Waals surface area contributed by atoms with Gasteiger partial charge in [0.25, 0.3) is 0 Å². The van der Waals surface area contributed by atoms with Crippen molar-refractivity contribution in [1.29, 1.82) is 0 Å². The van der Waals surface area contributed by atoms with Crippen LogP contribution in [-0.2, 0) is 14.4 Å². The molecule has 2 amide bonds. The monoisotopic (exact) mass is 397 g/mol. The second kappa shape index (κ2) is 12.0. The van der Waals surface area contributed by atoms with Crippen LogP contribution in [0.25, 0.3) is 0 Å². The largest absolute Gasteiger partial charge is 0.480 e. The fourth-order valence-corrected chi connectivity index (χ4v) is 3.69. The summed E-state index contributed by atoms with van der Waals surface area (Å²) in [4.78, 5) is 38.5. The lowest BCUT2D eigenvalue weighted by Crippen LogP contribution is -2.54. The maximum absolute atomic E-state index is 12.8. The summed E-state index contributed by atoms with van der Waals surface area (Å²) >= 11 is 0. The van der Waals surface area contributed by atoms with Crippen molar-refractivity contribution in [1.82, 2.24) is 15.5 Å². The molecule has 0 bridgehead atoms. The van der Waals surface area contributed by atoms with Gasteiger partial charge in [0, 0.05) is 13.1 Å². The molecule has 162 valence electrons. The van der Waals surface area contributed by atoms with Gasteiger partial charge in [-0.3, -0.25) is 9.59 Å². The highest BCUT2D eigenvalue weighted by Gasteiger charge is 2.31. The summed E-state index contributed by atoms with van der Waals surface area (Å²) in [7, 11) is 1.63. The van der Waals surface area contributed by atoms with Crippen LogP contribution in [0.1, 0.15) is 72.6 Å². The van der Waals surface area contributed by atoms with E-state index in [9.17, 15) is 19.5 Å². The van der Waals surface area contributed by atoms with Crippen LogP contribution in [0, 0.1) is 11.8 Å². The zero-order chi connectivity index (χ0) is 21.3. The van der Waals surface area contributed by atoms with E-state index in [1.54, 1.807) is 7.05 Å². The average Bonchev–Trinajstić information content (AvgIpc) is 2.63. The summed E-state index contributed by atoms with van der Waals surface area (Å²) < 4.78 is 0. The molecule has 0 aromatic rings. The summed E-state index contributed by atoms with van der Waals surface area (Å²) in [5, 5.41) is 15.4. The average molecular weight is 398 g/mol. The van der Waals surface area contributed by atoms with Crippen molar-refractivity contribution in [2.45, 2.75) is 90.8 Å². The molecule has 1 fully saturated rings. The summed E-state index contributed by atoms with van der Waals surface area (Å²) in [6, 6.07) is -1.24. The smallest absolute Gasteiger partial charge is 0.326 e. The standard InChI is InChI=1S/C21H39N3O4/c1-14(2)11-17(21(27)28)23-20(26)18(12-15(3)4)24(5)19(25)13-22-16-9-7-6-8-10-16/h14-18,22H,6-13H2,1-5H3,(H,23,26)(H,27,28)/t17-,18-/m0/s1. The second-order valence-corrected chi connectivity index (χ2v) is 8.89. The Kier molecular flexibility index (Phi) is 10.5. The van der Waals surface area contributed by atoms with Crippen LogP contribution < -0.4 is 10.6 Å². The van der Waals surface area contributed by atoms with E-state index < -0.39 is 24.0 Å². The Morgan fingerprint density at radius 2 is 1.57 bits per heavy atom. The molecule has 0 radical (unpaired) electrons. The number of carboxylic acids is 1. The summed E-state index contributed by atoms with van der Waals surface area (Å²) in [6.07, 6.45) is 6.65. The number of nitrogens with one attached hydrogen (secondary N) is 2. The molecule has 1 aliphatic carbocycles. The zero-order valence-electron chi connectivity index (χ0n) is 18.2. The van der Waals surface area contributed by atoms with Gasteiger partial charge in [0.05, 0.1) is 6.54 Å². The van der Waals surface area contributed by atoms with Crippen LogP contribution in [0.4, 0.5) is 0 Å². The first-order chi connectivity index (χ1) is 13.1. The summed E-state index contributed by atoms with van der Waals surface area (Å²) in [5.74, 6) is -1.23. The van der Waals surface area contributed by atoms with Gasteiger partial charge in [-0.05, 0) is 37.5 Å². The number of nitrogens with zero attached hydrogens (tertiary/aromatic N) is 1. The van der Waals surface area contributed by atoms with Crippen molar-refractivity contribution in [3.63, 3.8) is 0 Å². The van der Waals surface area contributed by atoms with Crippen molar-refractivity contribution in [2.75, 3.05) is 13.6 Å². The predicted octanol–water partition coefficient (Wildman–Crippen LogP) is 2.40. The number of hydrogen-bond donors (Lipinski definition) is 3. The number of aliphatic carboxylic acids is 1. The highest BCUT2D eigenvalue weighted by molar-refractivity contribution is 5.90. The third-order valence-electron chi connectivity index (χ3n) is 5.33. The number of carboxylic acid groups (broad SMARTS) is 1. The van der Waals surface area contributed by atoms with Gasteiger partial charge in [0.15, 0.2) is 0 Å². The van der Waals surface area contributed by atoms with E-state index in [2.05, 4.69) is 10.6 Å². The second-order valence-electron chi connectivity index (χ2n) is 8.89. The van der Waals surface area contributed by atoms with E-state index in [-0.39, 0.29) is 24.3 Å². The number of carbonyl (C=O) groups excluding carboxylic acids is 2. The Bertz CT molecular complexity index is 516. The lowest BCUT2D eigenvalue weighted by Gasteiger charge is -2.31. The number of carbonyl (C=O) groups is 3. The molecule has 0 aromatic heterocycles. The van der Waals surface area contributed by atoms with Gasteiger partial charge in [0.2, 0.25) is 11.8 Å². The molecule has 0 aromatic carbocycles. The van der Waals surface area contributed by atoms with Crippen LogP contribution in [-0.4, -0.2) is 59.5 Å². The van der Waals surface area contributed by atoms with E-state index in [1.807, 2.05) is 27.7 Å². The van der Waals surface area contributed by atoms with Crippen molar-refractivity contribution < 1.29 is 19.5 Å². The molecule has 2 atom stereocenters. The van der Waals surface area contributed by atoms with E-state index >= 15 is 0 Å². The van der Waals surface area contributed by atoms with Crippen molar-refractivity contribution in [3.8, 4) is 0 Å². The molecule has 1 aliphatic rings. The van der Waals surface area contributed by atoms with Gasteiger partial charge in [-0.2, -0.15) is 0 Å². The Balaban J connectivity index is 2.73. The molecule has 7 heteroatoms.